The number of carboxylic acid groups (broad SMARTS) is 1. The Labute approximate surface area is 143 Å². The number of carbonyl (C=O) groups is 2. The molecule has 2 aromatic carbocycles. The maximum absolute atomic E-state index is 12.0. The number of hydrogen-bond acceptors (Lipinski definition) is 6. The second-order valence-corrected chi connectivity index (χ2v) is 5.15. The normalized spacial score (nSPS) is 11.4. The first-order chi connectivity index (χ1) is 12.0. The summed E-state index contributed by atoms with van der Waals surface area (Å²) in [6.45, 7) is -0.317. The van der Waals surface area contributed by atoms with Crippen LogP contribution in [0.2, 0.25) is 0 Å². The molecule has 0 fully saturated rings. The molecule has 0 aliphatic heterocycles. The van der Waals surface area contributed by atoms with Gasteiger partial charge >= 0.3 is 0 Å². The van der Waals surface area contributed by atoms with Crippen LogP contribution in [0.25, 0.3) is 0 Å². The van der Waals surface area contributed by atoms with Crippen LogP contribution in [-0.4, -0.2) is 23.4 Å². The zero-order valence-corrected chi connectivity index (χ0v) is 13.1. The molecule has 0 saturated heterocycles. The van der Waals surface area contributed by atoms with Crippen molar-refractivity contribution in [2.24, 2.45) is 0 Å². The molecule has 0 spiro atoms. The summed E-state index contributed by atoms with van der Waals surface area (Å²) >= 11 is 0. The van der Waals surface area contributed by atoms with E-state index >= 15 is 0 Å². The summed E-state index contributed by atoms with van der Waals surface area (Å²) in [4.78, 5) is 33.2. The number of para-hydroxylation sites is 1. The molecule has 1 N–H and O–H groups in total. The van der Waals surface area contributed by atoms with Gasteiger partial charge in [-0.2, -0.15) is 0 Å². The van der Waals surface area contributed by atoms with Crippen molar-refractivity contribution in [1.82, 2.24) is 5.32 Å². The van der Waals surface area contributed by atoms with E-state index in [4.69, 9.17) is 4.74 Å². The highest BCUT2D eigenvalue weighted by molar-refractivity contribution is 5.79. The van der Waals surface area contributed by atoms with E-state index in [9.17, 15) is 24.8 Å². The number of carboxylic acids is 1. The van der Waals surface area contributed by atoms with E-state index in [-0.39, 0.29) is 12.3 Å². The fourth-order valence-electron chi connectivity index (χ4n) is 2.18. The fraction of sp³-hybridized carbons (Fsp3) is 0.176. The summed E-state index contributed by atoms with van der Waals surface area (Å²) in [5.41, 5.74) is 0.0992. The van der Waals surface area contributed by atoms with E-state index in [1.807, 2.05) is 0 Å². The average Bonchev–Trinajstić information content (AvgIpc) is 2.60. The van der Waals surface area contributed by atoms with Gasteiger partial charge in [0.15, 0.2) is 6.61 Å². The largest absolute Gasteiger partial charge is 0.550 e. The lowest BCUT2D eigenvalue weighted by molar-refractivity contribution is -0.385. The summed E-state index contributed by atoms with van der Waals surface area (Å²) in [6, 6.07) is 13.1. The van der Waals surface area contributed by atoms with Gasteiger partial charge in [-0.15, -0.1) is 0 Å². The molecule has 0 heterocycles. The van der Waals surface area contributed by atoms with Crippen molar-refractivity contribution in [3.05, 3.63) is 70.3 Å². The molecule has 2 aromatic rings. The van der Waals surface area contributed by atoms with Gasteiger partial charge in [-0.1, -0.05) is 30.3 Å². The summed E-state index contributed by atoms with van der Waals surface area (Å²) in [7, 11) is 0. The Morgan fingerprint density at radius 2 is 1.84 bits per heavy atom. The minimum atomic E-state index is -1.39. The number of hydrogen-bond donors (Lipinski definition) is 1. The predicted octanol–water partition coefficient (Wildman–Crippen LogP) is 0.971. The third-order valence-corrected chi connectivity index (χ3v) is 3.30. The minimum absolute atomic E-state index is 0.198. The molecular weight excluding hydrogens is 328 g/mol. The molecule has 130 valence electrons. The van der Waals surface area contributed by atoms with Crippen LogP contribution in [0, 0.1) is 10.1 Å². The smallest absolute Gasteiger partial charge is 0.269 e. The molecule has 0 saturated carbocycles. The first-order valence-corrected chi connectivity index (χ1v) is 7.37. The SMILES string of the molecule is O=C([O-])C[C@@H](NC(=O)COc1ccccc1)c1cccc([N+](=O)[O-])c1. The number of nitro benzene ring substituents is 1. The molecule has 0 unspecified atom stereocenters. The topological polar surface area (TPSA) is 122 Å². The molecule has 25 heavy (non-hydrogen) atoms. The van der Waals surface area contributed by atoms with Gasteiger partial charge in [0.05, 0.1) is 11.0 Å². The number of rotatable bonds is 8. The number of nitrogens with zero attached hydrogens (tertiary/aromatic N) is 1. The number of benzene rings is 2. The Bertz CT molecular complexity index is 763. The number of nitrogens with one attached hydrogen (secondary N) is 1. The number of nitro groups is 1. The second-order valence-electron chi connectivity index (χ2n) is 5.15. The first kappa shape index (κ1) is 17.9. The maximum Gasteiger partial charge on any atom is 0.269 e. The molecule has 8 heteroatoms. The number of ether oxygens (including phenoxy) is 1. The zero-order valence-electron chi connectivity index (χ0n) is 13.1. The van der Waals surface area contributed by atoms with Crippen LogP contribution in [0.15, 0.2) is 54.6 Å². The van der Waals surface area contributed by atoms with Crippen LogP contribution in [0.3, 0.4) is 0 Å². The van der Waals surface area contributed by atoms with Crippen molar-refractivity contribution >= 4 is 17.6 Å². The standard InChI is InChI=1S/C17H16N2O6/c20-16(11-25-14-7-2-1-3-8-14)18-15(10-17(21)22)12-5-4-6-13(9-12)19(23)24/h1-9,15H,10-11H2,(H,18,20)(H,21,22)/p-1/t15-/m1/s1. The fourth-order valence-corrected chi connectivity index (χ4v) is 2.18. The third-order valence-electron chi connectivity index (χ3n) is 3.30. The van der Waals surface area contributed by atoms with Gasteiger partial charge in [0, 0.05) is 24.5 Å². The molecule has 0 bridgehead atoms. The second kappa shape index (κ2) is 8.44. The maximum atomic E-state index is 12.0. The molecule has 0 aliphatic carbocycles. The number of carbonyl (C=O) groups excluding carboxylic acids is 2. The monoisotopic (exact) mass is 343 g/mol. The van der Waals surface area contributed by atoms with Crippen LogP contribution in [-0.2, 0) is 9.59 Å². The Morgan fingerprint density at radius 3 is 2.48 bits per heavy atom. The van der Waals surface area contributed by atoms with Gasteiger partial charge in [-0.05, 0) is 17.7 Å². The third kappa shape index (κ3) is 5.61. The minimum Gasteiger partial charge on any atom is -0.550 e. The molecule has 2 rings (SSSR count). The van der Waals surface area contributed by atoms with E-state index in [1.165, 1.54) is 24.3 Å². The Morgan fingerprint density at radius 1 is 1.12 bits per heavy atom. The lowest BCUT2D eigenvalue weighted by atomic mass is 10.0. The lowest BCUT2D eigenvalue weighted by Gasteiger charge is -2.19. The highest BCUT2D eigenvalue weighted by atomic mass is 16.6. The van der Waals surface area contributed by atoms with Gasteiger partial charge in [0.25, 0.3) is 11.6 Å². The molecular formula is C17H15N2O6-. The average molecular weight is 343 g/mol. The van der Waals surface area contributed by atoms with E-state index in [0.717, 1.165) is 0 Å². The summed E-state index contributed by atoms with van der Waals surface area (Å²) in [6.07, 6.45) is -0.516. The van der Waals surface area contributed by atoms with Crippen molar-refractivity contribution in [3.8, 4) is 5.75 Å². The van der Waals surface area contributed by atoms with Crippen LogP contribution >= 0.6 is 0 Å². The Hall–Kier alpha value is -3.42. The van der Waals surface area contributed by atoms with Crippen LogP contribution in [0.4, 0.5) is 5.69 Å². The predicted molar refractivity (Wildman–Crippen MR) is 85.5 cm³/mol. The molecule has 0 aromatic heterocycles. The van der Waals surface area contributed by atoms with Crippen LogP contribution in [0.1, 0.15) is 18.0 Å². The van der Waals surface area contributed by atoms with Crippen molar-refractivity contribution in [2.45, 2.75) is 12.5 Å². The van der Waals surface area contributed by atoms with Gasteiger partial charge in [-0.25, -0.2) is 0 Å². The van der Waals surface area contributed by atoms with Gasteiger partial charge in [-0.3, -0.25) is 14.9 Å². The molecule has 1 amide bonds. The zero-order chi connectivity index (χ0) is 18.2. The molecule has 0 aliphatic rings. The number of non-ortho nitro benzene ring substituents is 1. The summed E-state index contributed by atoms with van der Waals surface area (Å²) in [5.74, 6) is -1.45. The van der Waals surface area contributed by atoms with Crippen molar-refractivity contribution < 1.29 is 24.4 Å². The highest BCUT2D eigenvalue weighted by Gasteiger charge is 2.18. The Kier molecular flexibility index (Phi) is 6.05. The Balaban J connectivity index is 2.06. The summed E-state index contributed by atoms with van der Waals surface area (Å²) < 4.78 is 5.29. The number of amides is 1. The number of aliphatic carboxylic acids is 1. The van der Waals surface area contributed by atoms with Crippen molar-refractivity contribution in [1.29, 1.82) is 0 Å². The van der Waals surface area contributed by atoms with Gasteiger partial charge < -0.3 is 20.0 Å². The van der Waals surface area contributed by atoms with Crippen molar-refractivity contribution in [2.75, 3.05) is 6.61 Å². The van der Waals surface area contributed by atoms with Gasteiger partial charge in [0.1, 0.15) is 5.75 Å². The molecule has 1 atom stereocenters. The van der Waals surface area contributed by atoms with E-state index < -0.39 is 29.3 Å². The highest BCUT2D eigenvalue weighted by Crippen LogP contribution is 2.21. The first-order valence-electron chi connectivity index (χ1n) is 7.37. The lowest BCUT2D eigenvalue weighted by Crippen LogP contribution is -2.36. The van der Waals surface area contributed by atoms with Crippen LogP contribution < -0.4 is 15.2 Å². The van der Waals surface area contributed by atoms with Crippen molar-refractivity contribution in [3.63, 3.8) is 0 Å². The van der Waals surface area contributed by atoms with Gasteiger partial charge in [0.2, 0.25) is 0 Å². The molecule has 0 radical (unpaired) electrons. The van der Waals surface area contributed by atoms with E-state index in [2.05, 4.69) is 5.32 Å². The van der Waals surface area contributed by atoms with E-state index in [1.54, 1.807) is 30.3 Å². The molecule has 8 nitrogen and oxygen atoms in total. The quantitative estimate of drug-likeness (QED) is 0.563. The summed E-state index contributed by atoms with van der Waals surface area (Å²) in [5, 5.41) is 24.3. The van der Waals surface area contributed by atoms with E-state index in [0.29, 0.717) is 11.3 Å². The van der Waals surface area contributed by atoms with Crippen LogP contribution in [0.5, 0.6) is 5.75 Å².